The van der Waals surface area contributed by atoms with E-state index in [1.54, 1.807) is 0 Å². The number of aliphatic hydroxyl groups is 1. The third-order valence-electron chi connectivity index (χ3n) is 2.36. The highest BCUT2D eigenvalue weighted by molar-refractivity contribution is 6.33. The first-order valence-electron chi connectivity index (χ1n) is 5.15. The molecule has 0 amide bonds. The summed E-state index contributed by atoms with van der Waals surface area (Å²) >= 11 is 11.4. The average molecular weight is 291 g/mol. The lowest BCUT2D eigenvalue weighted by Gasteiger charge is -2.11. The minimum Gasteiger partial charge on any atom is -0.479 e. The van der Waals surface area contributed by atoms with Gasteiger partial charge in [-0.3, -0.25) is 4.79 Å². The van der Waals surface area contributed by atoms with Crippen molar-refractivity contribution in [3.05, 3.63) is 34.9 Å². The molecule has 4 nitrogen and oxygen atoms in total. The molecule has 2 N–H and O–H groups in total. The Morgan fingerprint density at radius 3 is 2.39 bits per heavy atom. The summed E-state index contributed by atoms with van der Waals surface area (Å²) in [6.45, 7) is 1.52. The zero-order valence-electron chi connectivity index (χ0n) is 9.56. The number of alkyl halides is 2. The maximum atomic E-state index is 11.8. The van der Waals surface area contributed by atoms with Crippen LogP contribution in [0.5, 0.6) is 0 Å². The fraction of sp³-hybridized carbons (Fsp3) is 0.333. The van der Waals surface area contributed by atoms with Gasteiger partial charge in [-0.15, -0.1) is 23.2 Å². The summed E-state index contributed by atoms with van der Waals surface area (Å²) in [5.74, 6) is -1.63. The maximum absolute atomic E-state index is 11.8. The van der Waals surface area contributed by atoms with Crippen LogP contribution in [0.25, 0.3) is 0 Å². The number of halogens is 2. The van der Waals surface area contributed by atoms with Crippen LogP contribution in [0.15, 0.2) is 18.2 Å². The summed E-state index contributed by atoms with van der Waals surface area (Å²) in [6, 6.07) is 4.30. The molecule has 98 valence electrons. The molecule has 2 unspecified atom stereocenters. The molecule has 18 heavy (non-hydrogen) atoms. The molecule has 0 saturated carbocycles. The van der Waals surface area contributed by atoms with E-state index in [1.165, 1.54) is 25.1 Å². The van der Waals surface area contributed by atoms with Crippen molar-refractivity contribution in [2.75, 3.05) is 0 Å². The minimum absolute atomic E-state index is 0.108. The lowest BCUT2D eigenvalue weighted by atomic mass is 9.99. The molecular formula is C12H12Cl2O4. The lowest BCUT2D eigenvalue weighted by Crippen LogP contribution is -2.15. The molecule has 1 rings (SSSR count). The van der Waals surface area contributed by atoms with Crippen LogP contribution < -0.4 is 0 Å². The van der Waals surface area contributed by atoms with E-state index in [9.17, 15) is 14.7 Å². The number of carboxylic acid groups (broad SMARTS) is 1. The first-order valence-corrected chi connectivity index (χ1v) is 6.13. The van der Waals surface area contributed by atoms with Gasteiger partial charge >= 0.3 is 5.97 Å². The summed E-state index contributed by atoms with van der Waals surface area (Å²) in [4.78, 5) is 22.5. The molecule has 6 heteroatoms. The van der Waals surface area contributed by atoms with Crippen LogP contribution in [0.1, 0.15) is 34.5 Å². The number of carbonyl (C=O) groups is 2. The number of rotatable bonds is 5. The fourth-order valence-electron chi connectivity index (χ4n) is 1.47. The van der Waals surface area contributed by atoms with Crippen molar-refractivity contribution in [3.63, 3.8) is 0 Å². The van der Waals surface area contributed by atoms with E-state index in [0.717, 1.165) is 0 Å². The van der Waals surface area contributed by atoms with Crippen molar-refractivity contribution >= 4 is 35.0 Å². The molecule has 0 fully saturated rings. The highest BCUT2D eigenvalue weighted by Crippen LogP contribution is 2.21. The van der Waals surface area contributed by atoms with Gasteiger partial charge in [-0.1, -0.05) is 6.07 Å². The van der Waals surface area contributed by atoms with Crippen molar-refractivity contribution in [1.29, 1.82) is 0 Å². The molecule has 0 bridgehead atoms. The highest BCUT2D eigenvalue weighted by Gasteiger charge is 2.20. The van der Waals surface area contributed by atoms with Gasteiger partial charge < -0.3 is 10.2 Å². The number of carboxylic acids is 1. The van der Waals surface area contributed by atoms with Gasteiger partial charge in [0.2, 0.25) is 0 Å². The zero-order chi connectivity index (χ0) is 13.9. The van der Waals surface area contributed by atoms with Crippen LogP contribution in [-0.4, -0.2) is 27.3 Å². The van der Waals surface area contributed by atoms with E-state index < -0.39 is 17.5 Å². The smallest absolute Gasteiger partial charge is 0.337 e. The molecule has 1 aromatic rings. The maximum Gasteiger partial charge on any atom is 0.337 e. The Morgan fingerprint density at radius 1 is 1.33 bits per heavy atom. The number of aliphatic hydroxyl groups excluding tert-OH is 1. The fourth-order valence-corrected chi connectivity index (χ4v) is 1.75. The molecule has 1 aromatic carbocycles. The Hall–Kier alpha value is -1.10. The number of Topliss-reactive ketones (excluding diaryl/α,β-unsaturated/α-hetero) is 1. The van der Waals surface area contributed by atoms with Gasteiger partial charge in [-0.2, -0.15) is 0 Å². The van der Waals surface area contributed by atoms with Crippen molar-refractivity contribution in [3.8, 4) is 0 Å². The van der Waals surface area contributed by atoms with Crippen molar-refractivity contribution < 1.29 is 19.8 Å². The van der Waals surface area contributed by atoms with E-state index in [0.29, 0.717) is 5.56 Å². The van der Waals surface area contributed by atoms with Gasteiger partial charge in [0.25, 0.3) is 0 Å². The Morgan fingerprint density at radius 2 is 1.94 bits per heavy atom. The molecule has 0 aliphatic rings. The second-order valence-corrected chi connectivity index (χ2v) is 4.74. The highest BCUT2D eigenvalue weighted by atomic mass is 35.5. The van der Waals surface area contributed by atoms with Gasteiger partial charge in [0.05, 0.1) is 5.38 Å². The molecule has 0 saturated heterocycles. The van der Waals surface area contributed by atoms with E-state index in [2.05, 4.69) is 0 Å². The topological polar surface area (TPSA) is 74.6 Å². The summed E-state index contributed by atoms with van der Waals surface area (Å²) < 4.78 is 0. The van der Waals surface area contributed by atoms with E-state index in [4.69, 9.17) is 28.3 Å². The zero-order valence-corrected chi connectivity index (χ0v) is 11.1. The number of ketones is 1. The Bertz CT molecular complexity index is 471. The number of hydrogen-bond acceptors (Lipinski definition) is 3. The third kappa shape index (κ3) is 3.45. The van der Waals surface area contributed by atoms with Crippen molar-refractivity contribution in [2.45, 2.75) is 24.3 Å². The molecular weight excluding hydrogens is 279 g/mol. The molecule has 0 aliphatic carbocycles. The Balaban J connectivity index is 3.25. The van der Waals surface area contributed by atoms with E-state index in [-0.39, 0.29) is 22.8 Å². The Labute approximate surface area is 114 Å². The van der Waals surface area contributed by atoms with Gasteiger partial charge in [0.1, 0.15) is 0 Å². The van der Waals surface area contributed by atoms with Crippen LogP contribution in [0.4, 0.5) is 0 Å². The van der Waals surface area contributed by atoms with Crippen molar-refractivity contribution in [1.82, 2.24) is 0 Å². The molecule has 0 spiro atoms. The van der Waals surface area contributed by atoms with Gasteiger partial charge in [0, 0.05) is 11.4 Å². The first-order chi connectivity index (χ1) is 8.36. The summed E-state index contributed by atoms with van der Waals surface area (Å²) in [5.41, 5.74) is 0.905. The average Bonchev–Trinajstić information content (AvgIpc) is 2.35. The second kappa shape index (κ2) is 6.18. The number of hydrogen-bond donors (Lipinski definition) is 2. The predicted molar refractivity (Wildman–Crippen MR) is 68.2 cm³/mol. The standard InChI is InChI=1S/C12H12Cl2O4/c1-6(14)10(15)8-2-7(5-13)3-9(4-8)11(16)12(17)18/h2-4,6,11,16H,5H2,1H3,(H,17,18). The number of benzene rings is 1. The second-order valence-electron chi connectivity index (χ2n) is 3.82. The van der Waals surface area contributed by atoms with Crippen molar-refractivity contribution in [2.24, 2.45) is 0 Å². The summed E-state index contributed by atoms with van der Waals surface area (Å²) in [5, 5.41) is 17.5. The summed E-state index contributed by atoms with van der Waals surface area (Å²) in [7, 11) is 0. The first kappa shape index (κ1) is 15.0. The van der Waals surface area contributed by atoms with Crippen LogP contribution in [0.2, 0.25) is 0 Å². The van der Waals surface area contributed by atoms with Crippen LogP contribution in [0, 0.1) is 0 Å². The van der Waals surface area contributed by atoms with Gasteiger partial charge in [0.15, 0.2) is 11.9 Å². The quantitative estimate of drug-likeness (QED) is 0.645. The monoisotopic (exact) mass is 290 g/mol. The normalized spacial score (nSPS) is 14.0. The number of carbonyl (C=O) groups excluding carboxylic acids is 1. The van der Waals surface area contributed by atoms with Gasteiger partial charge in [-0.05, 0) is 30.2 Å². The Kier molecular flexibility index (Phi) is 5.14. The van der Waals surface area contributed by atoms with E-state index in [1.807, 2.05) is 0 Å². The summed E-state index contributed by atoms with van der Waals surface area (Å²) in [6.07, 6.45) is -1.69. The molecule has 0 aromatic heterocycles. The minimum atomic E-state index is -1.69. The third-order valence-corrected chi connectivity index (χ3v) is 2.87. The van der Waals surface area contributed by atoms with Crippen LogP contribution in [0.3, 0.4) is 0 Å². The molecule has 2 atom stereocenters. The van der Waals surface area contributed by atoms with Crippen LogP contribution in [-0.2, 0) is 10.7 Å². The van der Waals surface area contributed by atoms with Crippen LogP contribution >= 0.6 is 23.2 Å². The molecule has 0 heterocycles. The number of aliphatic carboxylic acids is 1. The molecule has 0 radical (unpaired) electrons. The largest absolute Gasteiger partial charge is 0.479 e. The lowest BCUT2D eigenvalue weighted by molar-refractivity contribution is -0.146. The molecule has 0 aliphatic heterocycles. The van der Waals surface area contributed by atoms with Gasteiger partial charge in [-0.25, -0.2) is 4.79 Å². The van der Waals surface area contributed by atoms with E-state index >= 15 is 0 Å². The SMILES string of the molecule is CC(Cl)C(=O)c1cc(CCl)cc(C(O)C(=O)O)c1. The predicted octanol–water partition coefficient (Wildman–Crippen LogP) is 2.35.